The number of amides is 1. The number of hydrogen-bond donors (Lipinski definition) is 3. The van der Waals surface area contributed by atoms with E-state index in [1.54, 1.807) is 6.07 Å². The maximum Gasteiger partial charge on any atom is 0.337 e. The lowest BCUT2D eigenvalue weighted by molar-refractivity contribution is -0.119. The van der Waals surface area contributed by atoms with Gasteiger partial charge in [0.05, 0.1) is 29.7 Å². The molecule has 1 aliphatic heterocycles. The monoisotopic (exact) mass is 444 g/mol. The minimum atomic E-state index is -2.83. The number of carboxylic acid groups (broad SMARTS) is 1. The summed E-state index contributed by atoms with van der Waals surface area (Å²) in [6.45, 7) is 6.15. The third kappa shape index (κ3) is 7.42. The quantitative estimate of drug-likeness (QED) is 0.400. The number of benzene rings is 1. The largest absolute Gasteiger partial charge is 0.478 e. The van der Waals surface area contributed by atoms with Gasteiger partial charge in [-0.25, -0.2) is 18.0 Å². The number of anilines is 2. The minimum Gasteiger partial charge on any atom is -0.478 e. The highest BCUT2D eigenvalue weighted by Crippen LogP contribution is 2.26. The summed E-state index contributed by atoms with van der Waals surface area (Å²) >= 11 is 0. The van der Waals surface area contributed by atoms with Crippen LogP contribution < -0.4 is 15.6 Å². The smallest absolute Gasteiger partial charge is 0.337 e. The van der Waals surface area contributed by atoms with Crippen LogP contribution in [-0.2, 0) is 9.53 Å². The van der Waals surface area contributed by atoms with E-state index in [0.29, 0.717) is 18.8 Å². The second-order valence-corrected chi connectivity index (χ2v) is 7.45. The molecule has 0 bridgehead atoms. The predicted octanol–water partition coefficient (Wildman–Crippen LogP) is 2.89. The van der Waals surface area contributed by atoms with E-state index in [9.17, 15) is 27.9 Å². The molecule has 0 aliphatic carbocycles. The fourth-order valence-electron chi connectivity index (χ4n) is 3.26. The van der Waals surface area contributed by atoms with E-state index in [1.807, 2.05) is 18.7 Å². The molecule has 0 radical (unpaired) electrons. The van der Waals surface area contributed by atoms with Crippen molar-refractivity contribution in [2.45, 2.75) is 58.0 Å². The van der Waals surface area contributed by atoms with Crippen molar-refractivity contribution in [1.82, 2.24) is 5.43 Å². The standard InChI is InChI=1S/C20H27F3N4O4/c1-11(21)8-24-26-17(7-18(22)23)19(28)25-16-5-4-14(6-15(16)20(29)30)27-9-12(2)31-13(3)10-27/h4-6,8,11-13,17-18,26H,7,9-10H2,1-3H3,(H,25,28)(H,29,30)/b24-8+/t11?,12-,13?,17-/m0/s1. The van der Waals surface area contributed by atoms with Gasteiger partial charge in [-0.05, 0) is 39.0 Å². The summed E-state index contributed by atoms with van der Waals surface area (Å²) in [5.41, 5.74) is 2.60. The molecule has 0 spiro atoms. The van der Waals surface area contributed by atoms with Gasteiger partial charge in [-0.1, -0.05) is 0 Å². The maximum atomic E-state index is 12.8. The van der Waals surface area contributed by atoms with Gasteiger partial charge < -0.3 is 20.1 Å². The predicted molar refractivity (Wildman–Crippen MR) is 111 cm³/mol. The number of ether oxygens (including phenoxy) is 1. The summed E-state index contributed by atoms with van der Waals surface area (Å²) in [4.78, 5) is 26.2. The molecule has 3 N–H and O–H groups in total. The van der Waals surface area contributed by atoms with Crippen molar-refractivity contribution in [3.63, 3.8) is 0 Å². The van der Waals surface area contributed by atoms with E-state index in [1.165, 1.54) is 19.1 Å². The van der Waals surface area contributed by atoms with Crippen molar-refractivity contribution in [3.05, 3.63) is 23.8 Å². The van der Waals surface area contributed by atoms with Gasteiger partial charge >= 0.3 is 5.97 Å². The molecule has 4 atom stereocenters. The first-order valence-corrected chi connectivity index (χ1v) is 9.86. The summed E-state index contributed by atoms with van der Waals surface area (Å²) in [5, 5.41) is 15.4. The zero-order valence-electron chi connectivity index (χ0n) is 17.5. The Labute approximate surface area is 178 Å². The third-order valence-corrected chi connectivity index (χ3v) is 4.52. The van der Waals surface area contributed by atoms with Crippen LogP contribution in [-0.4, -0.2) is 67.1 Å². The number of halogens is 3. The van der Waals surface area contributed by atoms with Crippen molar-refractivity contribution < 1.29 is 32.6 Å². The van der Waals surface area contributed by atoms with Gasteiger partial charge in [0.1, 0.15) is 12.2 Å². The highest BCUT2D eigenvalue weighted by Gasteiger charge is 2.26. The molecule has 1 saturated heterocycles. The van der Waals surface area contributed by atoms with Crippen molar-refractivity contribution >= 4 is 29.5 Å². The number of carboxylic acids is 1. The number of nitrogens with one attached hydrogen (secondary N) is 2. The fraction of sp³-hybridized carbons (Fsp3) is 0.550. The molecule has 1 fully saturated rings. The summed E-state index contributed by atoms with van der Waals surface area (Å²) in [6.07, 6.45) is -4.38. The molecule has 1 heterocycles. The van der Waals surface area contributed by atoms with Crippen LogP contribution in [0.4, 0.5) is 24.5 Å². The molecule has 1 amide bonds. The van der Waals surface area contributed by atoms with E-state index in [2.05, 4.69) is 15.8 Å². The number of carbonyl (C=O) groups excluding carboxylic acids is 1. The van der Waals surface area contributed by atoms with Crippen LogP contribution >= 0.6 is 0 Å². The zero-order chi connectivity index (χ0) is 23.1. The molecule has 0 saturated carbocycles. The lowest BCUT2D eigenvalue weighted by Crippen LogP contribution is -2.45. The molecule has 2 rings (SSSR count). The number of nitrogens with zero attached hydrogens (tertiary/aromatic N) is 2. The lowest BCUT2D eigenvalue weighted by atomic mass is 10.1. The molecule has 11 heteroatoms. The van der Waals surface area contributed by atoms with E-state index >= 15 is 0 Å². The lowest BCUT2D eigenvalue weighted by Gasteiger charge is -2.37. The van der Waals surface area contributed by atoms with Gasteiger partial charge in [-0.2, -0.15) is 5.10 Å². The van der Waals surface area contributed by atoms with Gasteiger partial charge in [0.15, 0.2) is 0 Å². The number of hydrogen-bond acceptors (Lipinski definition) is 6. The molecule has 31 heavy (non-hydrogen) atoms. The van der Waals surface area contributed by atoms with Crippen LogP contribution in [0.5, 0.6) is 0 Å². The molecule has 0 aromatic heterocycles. The number of morpholine rings is 1. The van der Waals surface area contributed by atoms with Crippen molar-refractivity contribution in [1.29, 1.82) is 0 Å². The van der Waals surface area contributed by atoms with Crippen LogP contribution in [0.1, 0.15) is 37.6 Å². The molecule has 1 aromatic rings. The summed E-state index contributed by atoms with van der Waals surface area (Å²) < 4.78 is 44.2. The highest BCUT2D eigenvalue weighted by molar-refractivity contribution is 6.03. The van der Waals surface area contributed by atoms with E-state index < -0.39 is 36.9 Å². The molecule has 1 aliphatic rings. The molecule has 1 aromatic carbocycles. The molecule has 172 valence electrons. The van der Waals surface area contributed by atoms with Crippen molar-refractivity contribution in [2.24, 2.45) is 5.10 Å². The average Bonchev–Trinajstić information content (AvgIpc) is 2.65. The van der Waals surface area contributed by atoms with Crippen molar-refractivity contribution in [3.8, 4) is 0 Å². The topological polar surface area (TPSA) is 103 Å². The van der Waals surface area contributed by atoms with Crippen LogP contribution in [0.25, 0.3) is 0 Å². The highest BCUT2D eigenvalue weighted by atomic mass is 19.3. The minimum absolute atomic E-state index is 0.0369. The van der Waals surface area contributed by atoms with Gasteiger partial charge in [0, 0.05) is 25.2 Å². The van der Waals surface area contributed by atoms with Gasteiger partial charge in [0.25, 0.3) is 0 Å². The molecule has 8 nitrogen and oxygen atoms in total. The number of aromatic carboxylic acids is 1. The molecular formula is C20H27F3N4O4. The zero-order valence-corrected chi connectivity index (χ0v) is 17.5. The third-order valence-electron chi connectivity index (χ3n) is 4.52. The maximum absolute atomic E-state index is 12.8. The Hall–Kier alpha value is -2.82. The fourth-order valence-corrected chi connectivity index (χ4v) is 3.26. The Bertz CT molecular complexity index is 797. The van der Waals surface area contributed by atoms with Crippen molar-refractivity contribution in [2.75, 3.05) is 23.3 Å². The van der Waals surface area contributed by atoms with Gasteiger partial charge in [0.2, 0.25) is 12.3 Å². The number of carbonyl (C=O) groups is 2. The summed E-state index contributed by atoms with van der Waals surface area (Å²) in [7, 11) is 0. The number of alkyl halides is 3. The number of hydrazone groups is 1. The van der Waals surface area contributed by atoms with Gasteiger partial charge in [-0.3, -0.25) is 10.2 Å². The van der Waals surface area contributed by atoms with Gasteiger partial charge in [-0.15, -0.1) is 0 Å². The van der Waals surface area contributed by atoms with E-state index in [0.717, 1.165) is 6.21 Å². The second-order valence-electron chi connectivity index (χ2n) is 7.45. The Morgan fingerprint density at radius 3 is 2.48 bits per heavy atom. The first-order chi connectivity index (χ1) is 14.6. The van der Waals surface area contributed by atoms with E-state index in [4.69, 9.17) is 4.74 Å². The van der Waals surface area contributed by atoms with Crippen LogP contribution in [0.2, 0.25) is 0 Å². The summed E-state index contributed by atoms with van der Waals surface area (Å²) in [6, 6.07) is 3.00. The number of rotatable bonds is 9. The Kier molecular flexibility index (Phi) is 8.66. The van der Waals surface area contributed by atoms with Crippen LogP contribution in [0, 0.1) is 0 Å². The van der Waals surface area contributed by atoms with Crippen LogP contribution in [0.3, 0.4) is 0 Å². The molecule has 2 unspecified atom stereocenters. The average molecular weight is 444 g/mol. The van der Waals surface area contributed by atoms with E-state index in [-0.39, 0.29) is 23.5 Å². The first-order valence-electron chi connectivity index (χ1n) is 9.86. The second kappa shape index (κ2) is 11.0. The summed E-state index contributed by atoms with van der Waals surface area (Å²) in [5.74, 6) is -2.19. The Balaban J connectivity index is 2.21. The Morgan fingerprint density at radius 1 is 1.29 bits per heavy atom. The SMILES string of the molecule is CC(F)/C=N/N[C@@H](CC(F)F)C(=O)Nc1ccc(N2CC(C)O[C@@H](C)C2)cc1C(=O)O. The molecular weight excluding hydrogens is 417 g/mol. The first kappa shape index (κ1) is 24.4. The normalized spacial score (nSPS) is 21.2. The Morgan fingerprint density at radius 2 is 1.94 bits per heavy atom. The van der Waals surface area contributed by atoms with Crippen LogP contribution in [0.15, 0.2) is 23.3 Å².